The van der Waals surface area contributed by atoms with E-state index in [1.165, 1.54) is 19.2 Å². The van der Waals surface area contributed by atoms with E-state index in [1.54, 1.807) is 0 Å². The van der Waals surface area contributed by atoms with Crippen molar-refractivity contribution in [3.63, 3.8) is 0 Å². The average molecular weight is 205 g/mol. The van der Waals surface area contributed by atoms with E-state index in [9.17, 15) is 13.2 Å². The second-order valence-corrected chi connectivity index (χ2v) is 2.52. The lowest BCUT2D eigenvalue weighted by Crippen LogP contribution is -2.17. The zero-order chi connectivity index (χ0) is 10.8. The first-order chi connectivity index (χ1) is 6.42. The summed E-state index contributed by atoms with van der Waals surface area (Å²) < 4.78 is 44.0. The van der Waals surface area contributed by atoms with Crippen LogP contribution in [0.4, 0.5) is 13.2 Å². The molecule has 0 fully saturated rings. The molecule has 1 aromatic rings. The second kappa shape index (κ2) is 3.77. The molecule has 0 aliphatic heterocycles. The smallest absolute Gasteiger partial charge is 0.497 e. The van der Waals surface area contributed by atoms with Crippen molar-refractivity contribution >= 4 is 0 Å². The second-order valence-electron chi connectivity index (χ2n) is 2.52. The quantitative estimate of drug-likeness (QED) is 0.739. The van der Waals surface area contributed by atoms with E-state index >= 15 is 0 Å². The molecule has 77 valence electrons. The Morgan fingerprint density at radius 1 is 1.29 bits per heavy atom. The van der Waals surface area contributed by atoms with Crippen LogP contribution in [0.2, 0.25) is 0 Å². The third-order valence-electron chi connectivity index (χ3n) is 1.49. The minimum atomic E-state index is -4.69. The van der Waals surface area contributed by atoms with Gasteiger partial charge in [-0.25, -0.2) is 0 Å². The molecule has 0 bridgehead atoms. The fraction of sp³-hybridized carbons (Fsp3) is 0.222. The van der Waals surface area contributed by atoms with Gasteiger partial charge in [0.05, 0.1) is 7.11 Å². The molecule has 2 nitrogen and oxygen atoms in total. The van der Waals surface area contributed by atoms with Gasteiger partial charge in [0.25, 0.3) is 0 Å². The molecule has 0 spiro atoms. The molecule has 1 rings (SSSR count). The summed E-state index contributed by atoms with van der Waals surface area (Å²) >= 11 is 0. The van der Waals surface area contributed by atoms with Crippen molar-refractivity contribution < 1.29 is 22.6 Å². The number of alkyl halides is 3. The van der Waals surface area contributed by atoms with Gasteiger partial charge in [-0.05, 0) is 30.7 Å². The van der Waals surface area contributed by atoms with Crippen molar-refractivity contribution in [1.82, 2.24) is 0 Å². The van der Waals surface area contributed by atoms with Crippen molar-refractivity contribution in [3.05, 3.63) is 30.7 Å². The van der Waals surface area contributed by atoms with Gasteiger partial charge in [0.15, 0.2) is 0 Å². The summed E-state index contributed by atoms with van der Waals surface area (Å²) in [5, 5.41) is 0. The SMILES string of the molecule is [CH2]c1cc(OC)ccc1OC(F)(F)F. The van der Waals surface area contributed by atoms with Crippen molar-refractivity contribution in [2.24, 2.45) is 0 Å². The van der Waals surface area contributed by atoms with E-state index in [1.807, 2.05) is 0 Å². The molecule has 0 aliphatic rings. The molecule has 1 radical (unpaired) electrons. The predicted molar refractivity (Wildman–Crippen MR) is 44.1 cm³/mol. The Morgan fingerprint density at radius 2 is 1.93 bits per heavy atom. The van der Waals surface area contributed by atoms with Crippen LogP contribution in [0.25, 0.3) is 0 Å². The number of halogens is 3. The van der Waals surface area contributed by atoms with Gasteiger partial charge in [0.1, 0.15) is 11.5 Å². The monoisotopic (exact) mass is 205 g/mol. The van der Waals surface area contributed by atoms with Gasteiger partial charge < -0.3 is 9.47 Å². The summed E-state index contributed by atoms with van der Waals surface area (Å²) in [5.74, 6) is 0.114. The van der Waals surface area contributed by atoms with E-state index in [2.05, 4.69) is 11.7 Å². The first-order valence-corrected chi connectivity index (χ1v) is 3.68. The molecule has 0 unspecified atom stereocenters. The zero-order valence-electron chi connectivity index (χ0n) is 7.39. The largest absolute Gasteiger partial charge is 0.573 e. The molecule has 14 heavy (non-hydrogen) atoms. The Hall–Kier alpha value is -1.39. The number of rotatable bonds is 2. The summed E-state index contributed by atoms with van der Waals surface area (Å²) in [4.78, 5) is 0. The maximum Gasteiger partial charge on any atom is 0.573 e. The van der Waals surface area contributed by atoms with E-state index < -0.39 is 6.36 Å². The number of hydrogen-bond acceptors (Lipinski definition) is 2. The topological polar surface area (TPSA) is 18.5 Å². The van der Waals surface area contributed by atoms with Gasteiger partial charge in [0.2, 0.25) is 0 Å². The molecule has 0 aliphatic carbocycles. The standard InChI is InChI=1S/C9H8F3O2/c1-6-5-7(13-2)3-4-8(6)14-9(10,11)12/h3-5H,1H2,2H3. The van der Waals surface area contributed by atoms with Crippen molar-refractivity contribution in [2.45, 2.75) is 6.36 Å². The van der Waals surface area contributed by atoms with Crippen molar-refractivity contribution in [1.29, 1.82) is 0 Å². The number of ether oxygens (including phenoxy) is 2. The van der Waals surface area contributed by atoms with Crippen LogP contribution in [0.5, 0.6) is 11.5 Å². The van der Waals surface area contributed by atoms with Crippen LogP contribution in [0.1, 0.15) is 5.56 Å². The fourth-order valence-corrected chi connectivity index (χ4v) is 0.907. The van der Waals surface area contributed by atoms with Gasteiger partial charge in [-0.2, -0.15) is 0 Å². The van der Waals surface area contributed by atoms with Gasteiger partial charge in [-0.1, -0.05) is 0 Å². The minimum Gasteiger partial charge on any atom is -0.497 e. The number of benzene rings is 1. The number of hydrogen-bond donors (Lipinski definition) is 0. The molecule has 0 saturated carbocycles. The fourth-order valence-electron chi connectivity index (χ4n) is 0.907. The van der Waals surface area contributed by atoms with Crippen LogP contribution in [0.3, 0.4) is 0 Å². The predicted octanol–water partition coefficient (Wildman–Crippen LogP) is 2.78. The Bertz CT molecular complexity index is 320. The van der Waals surface area contributed by atoms with Crippen molar-refractivity contribution in [3.8, 4) is 11.5 Å². The Kier molecular flexibility index (Phi) is 2.88. The first-order valence-electron chi connectivity index (χ1n) is 3.68. The molecule has 0 N–H and O–H groups in total. The lowest BCUT2D eigenvalue weighted by Gasteiger charge is -2.11. The van der Waals surface area contributed by atoms with E-state index in [0.29, 0.717) is 5.75 Å². The van der Waals surface area contributed by atoms with E-state index in [0.717, 1.165) is 6.07 Å². The van der Waals surface area contributed by atoms with Gasteiger partial charge in [-0.3, -0.25) is 0 Å². The highest BCUT2D eigenvalue weighted by Gasteiger charge is 2.31. The lowest BCUT2D eigenvalue weighted by molar-refractivity contribution is -0.274. The summed E-state index contributed by atoms with van der Waals surface area (Å²) in [5.41, 5.74) is 0.127. The summed E-state index contributed by atoms with van der Waals surface area (Å²) in [7, 11) is 1.42. The molecule has 1 aromatic carbocycles. The minimum absolute atomic E-state index is 0.127. The average Bonchev–Trinajstić information content (AvgIpc) is 2.06. The highest BCUT2D eigenvalue weighted by molar-refractivity contribution is 5.41. The van der Waals surface area contributed by atoms with Crippen LogP contribution in [-0.4, -0.2) is 13.5 Å². The zero-order valence-corrected chi connectivity index (χ0v) is 7.39. The Balaban J connectivity index is 2.89. The van der Waals surface area contributed by atoms with Crippen molar-refractivity contribution in [2.75, 3.05) is 7.11 Å². The first kappa shape index (κ1) is 10.7. The third-order valence-corrected chi connectivity index (χ3v) is 1.49. The molecule has 0 saturated heterocycles. The third kappa shape index (κ3) is 2.83. The molecule has 5 heteroatoms. The summed E-state index contributed by atoms with van der Waals surface area (Å²) in [6.45, 7) is 3.41. The Labute approximate surface area is 79.2 Å². The summed E-state index contributed by atoms with van der Waals surface area (Å²) in [6, 6.07) is 3.89. The van der Waals surface area contributed by atoms with E-state index in [-0.39, 0.29) is 11.3 Å². The highest BCUT2D eigenvalue weighted by atomic mass is 19.4. The molecule has 0 aromatic heterocycles. The molecule has 0 heterocycles. The molecule has 0 atom stereocenters. The van der Waals surface area contributed by atoms with Crippen LogP contribution in [0, 0.1) is 6.92 Å². The van der Waals surface area contributed by atoms with Crippen LogP contribution < -0.4 is 9.47 Å². The maximum absolute atomic E-state index is 11.8. The van der Waals surface area contributed by atoms with Gasteiger partial charge in [-0.15, -0.1) is 13.2 Å². The Morgan fingerprint density at radius 3 is 2.36 bits per heavy atom. The van der Waals surface area contributed by atoms with Gasteiger partial charge in [0, 0.05) is 0 Å². The highest BCUT2D eigenvalue weighted by Crippen LogP contribution is 2.28. The number of methoxy groups -OCH3 is 1. The molecule has 0 amide bonds. The summed E-state index contributed by atoms with van der Waals surface area (Å²) in [6.07, 6.45) is -4.69. The lowest BCUT2D eigenvalue weighted by atomic mass is 10.2. The maximum atomic E-state index is 11.8. The van der Waals surface area contributed by atoms with E-state index in [4.69, 9.17) is 4.74 Å². The van der Waals surface area contributed by atoms with Crippen LogP contribution in [0.15, 0.2) is 18.2 Å². The van der Waals surface area contributed by atoms with Crippen LogP contribution >= 0.6 is 0 Å². The normalized spacial score (nSPS) is 11.2. The van der Waals surface area contributed by atoms with Gasteiger partial charge >= 0.3 is 6.36 Å². The van der Waals surface area contributed by atoms with Crippen LogP contribution in [-0.2, 0) is 0 Å². The molecular formula is C9H8F3O2. The molecular weight excluding hydrogens is 197 g/mol.